The standard InChI is InChI=1S/C30H44BrN3O7/c1-4-12-19(2)33-14-10-7-8-13-22(36)32-18-20(3)40-29(39)23-24-27(37)34(15-9-5-6-11-16-35)26(28(33)38)30(24)17-21(31)25(23)41-30/h7,10,17,19-20,23-26,35H,4-6,8-9,11-16,18H2,1-3H3,(H,32,36)/b10-7-/t19?,20-,23+,24-,25+,26+,30-/m1/s1. The van der Waals surface area contributed by atoms with Gasteiger partial charge in [-0.05, 0) is 45.6 Å². The number of halogens is 1. The smallest absolute Gasteiger partial charge is 0.313 e. The SMILES string of the molecule is CCCC(C)N1C/C=C\CCC(=O)NC[C@@H](C)OC(=O)[C@@H]2[C@H]3O[C@@]4(C=C3Br)[C@H](C1=O)N(CCCCCCO)C(=O)[C@@H]24. The monoisotopic (exact) mass is 637 g/mol. The molecule has 11 heteroatoms. The molecule has 10 nitrogen and oxygen atoms in total. The first-order valence-corrected chi connectivity index (χ1v) is 15.9. The Balaban J connectivity index is 1.75. The van der Waals surface area contributed by atoms with Crippen LogP contribution in [-0.4, -0.2) is 94.7 Å². The summed E-state index contributed by atoms with van der Waals surface area (Å²) in [5.41, 5.74) is -1.29. The lowest BCUT2D eigenvalue weighted by molar-refractivity contribution is -0.158. The molecule has 2 N–H and O–H groups in total. The van der Waals surface area contributed by atoms with Crippen LogP contribution in [0.3, 0.4) is 0 Å². The summed E-state index contributed by atoms with van der Waals surface area (Å²) >= 11 is 3.57. The molecule has 0 radical (unpaired) electrons. The summed E-state index contributed by atoms with van der Waals surface area (Å²) in [7, 11) is 0. The lowest BCUT2D eigenvalue weighted by Crippen LogP contribution is -2.57. The van der Waals surface area contributed by atoms with Crippen molar-refractivity contribution in [2.75, 3.05) is 26.2 Å². The minimum Gasteiger partial charge on any atom is -0.460 e. The highest BCUT2D eigenvalue weighted by Gasteiger charge is 2.74. The lowest BCUT2D eigenvalue weighted by atomic mass is 9.74. The number of aliphatic hydroxyl groups excluding tert-OH is 1. The maximum Gasteiger partial charge on any atom is 0.313 e. The van der Waals surface area contributed by atoms with Crippen molar-refractivity contribution >= 4 is 39.6 Å². The molecule has 41 heavy (non-hydrogen) atoms. The number of aliphatic hydroxyl groups is 1. The van der Waals surface area contributed by atoms with Crippen LogP contribution in [0.15, 0.2) is 22.7 Å². The third-order valence-electron chi connectivity index (χ3n) is 8.67. The van der Waals surface area contributed by atoms with Gasteiger partial charge in [0, 0.05) is 36.6 Å². The van der Waals surface area contributed by atoms with E-state index >= 15 is 0 Å². The van der Waals surface area contributed by atoms with E-state index in [2.05, 4.69) is 28.2 Å². The predicted molar refractivity (Wildman–Crippen MR) is 156 cm³/mol. The van der Waals surface area contributed by atoms with Crippen molar-refractivity contribution < 1.29 is 33.8 Å². The van der Waals surface area contributed by atoms with E-state index in [0.29, 0.717) is 36.8 Å². The Morgan fingerprint density at radius 2 is 1.90 bits per heavy atom. The minimum absolute atomic E-state index is 0.0906. The zero-order valence-corrected chi connectivity index (χ0v) is 25.9. The van der Waals surface area contributed by atoms with Crippen molar-refractivity contribution in [3.8, 4) is 0 Å². The molecule has 2 saturated heterocycles. The molecular weight excluding hydrogens is 594 g/mol. The van der Waals surface area contributed by atoms with E-state index in [1.54, 1.807) is 16.7 Å². The summed E-state index contributed by atoms with van der Waals surface area (Å²) in [5, 5.41) is 12.0. The Hall–Kier alpha value is -2.24. The van der Waals surface area contributed by atoms with E-state index in [1.807, 2.05) is 25.2 Å². The molecule has 0 saturated carbocycles. The summed E-state index contributed by atoms with van der Waals surface area (Å²) in [5.74, 6) is -2.99. The molecule has 4 heterocycles. The van der Waals surface area contributed by atoms with Gasteiger partial charge < -0.3 is 29.7 Å². The maximum absolute atomic E-state index is 14.6. The van der Waals surface area contributed by atoms with Gasteiger partial charge in [-0.3, -0.25) is 19.2 Å². The van der Waals surface area contributed by atoms with Crippen molar-refractivity contribution in [3.63, 3.8) is 0 Å². The van der Waals surface area contributed by atoms with E-state index in [9.17, 15) is 19.2 Å². The van der Waals surface area contributed by atoms with Crippen LogP contribution in [0, 0.1) is 11.8 Å². The fourth-order valence-corrected chi connectivity index (χ4v) is 7.39. The Bertz CT molecular complexity index is 1060. The van der Waals surface area contributed by atoms with Gasteiger partial charge in [0.25, 0.3) is 0 Å². The number of amides is 3. The number of nitrogens with zero attached hydrogens (tertiary/aromatic N) is 2. The number of carbonyl (C=O) groups excluding carboxylic acids is 4. The Labute approximate surface area is 251 Å². The van der Waals surface area contributed by atoms with Crippen LogP contribution in [0.1, 0.15) is 72.1 Å². The summed E-state index contributed by atoms with van der Waals surface area (Å²) in [6, 6.07) is -1.01. The van der Waals surface area contributed by atoms with Crippen molar-refractivity contribution in [1.29, 1.82) is 0 Å². The van der Waals surface area contributed by atoms with Crippen LogP contribution in [0.2, 0.25) is 0 Å². The first-order chi connectivity index (χ1) is 19.7. The largest absolute Gasteiger partial charge is 0.460 e. The van der Waals surface area contributed by atoms with Crippen LogP contribution in [0.25, 0.3) is 0 Å². The number of nitrogens with one attached hydrogen (secondary N) is 1. The quantitative estimate of drug-likeness (QED) is 0.226. The third kappa shape index (κ3) is 6.41. The second kappa shape index (κ2) is 13.8. The molecule has 4 rings (SSSR count). The van der Waals surface area contributed by atoms with Gasteiger partial charge in [-0.15, -0.1) is 0 Å². The highest BCUT2D eigenvalue weighted by atomic mass is 79.9. The molecule has 1 spiro atoms. The number of fused-ring (bicyclic) bond motifs is 2. The Morgan fingerprint density at radius 1 is 1.15 bits per heavy atom. The number of likely N-dealkylation sites (tertiary alicyclic amines) is 1. The Morgan fingerprint density at radius 3 is 2.63 bits per heavy atom. The lowest BCUT2D eigenvalue weighted by Gasteiger charge is -2.38. The highest BCUT2D eigenvalue weighted by molar-refractivity contribution is 9.11. The van der Waals surface area contributed by atoms with Gasteiger partial charge in [0.1, 0.15) is 29.8 Å². The van der Waals surface area contributed by atoms with Crippen molar-refractivity contribution in [2.24, 2.45) is 11.8 Å². The molecular formula is C30H44BrN3O7. The van der Waals surface area contributed by atoms with E-state index in [-0.39, 0.29) is 43.3 Å². The van der Waals surface area contributed by atoms with Gasteiger partial charge in [-0.2, -0.15) is 0 Å². The van der Waals surface area contributed by atoms with Crippen LogP contribution >= 0.6 is 15.9 Å². The van der Waals surface area contributed by atoms with Crippen LogP contribution in [0.4, 0.5) is 0 Å². The number of esters is 1. The number of unbranched alkanes of at least 4 members (excludes halogenated alkanes) is 3. The number of carbonyl (C=O) groups is 4. The zero-order chi connectivity index (χ0) is 29.7. The summed E-state index contributed by atoms with van der Waals surface area (Å²) in [4.78, 5) is 58.1. The fraction of sp³-hybridized carbons (Fsp3) is 0.733. The molecule has 1 unspecified atom stereocenters. The molecule has 4 aliphatic heterocycles. The summed E-state index contributed by atoms with van der Waals surface area (Å²) in [6.45, 7) is 6.76. The minimum atomic E-state index is -1.29. The van der Waals surface area contributed by atoms with Gasteiger partial charge in [0.15, 0.2) is 0 Å². The third-order valence-corrected chi connectivity index (χ3v) is 9.35. The number of allylic oxidation sites excluding steroid dienone is 1. The van der Waals surface area contributed by atoms with E-state index in [1.165, 1.54) is 0 Å². The predicted octanol–water partition coefficient (Wildman–Crippen LogP) is 2.83. The number of cyclic esters (lactones) is 1. The number of rotatable bonds is 9. The molecule has 4 aliphatic rings. The van der Waals surface area contributed by atoms with E-state index < -0.39 is 41.7 Å². The molecule has 0 aromatic carbocycles. The zero-order valence-electron chi connectivity index (χ0n) is 24.4. The van der Waals surface area contributed by atoms with Crippen molar-refractivity contribution in [2.45, 2.75) is 102 Å². The summed E-state index contributed by atoms with van der Waals surface area (Å²) < 4.78 is 12.9. The molecule has 5 bridgehead atoms. The van der Waals surface area contributed by atoms with Crippen LogP contribution in [0.5, 0.6) is 0 Å². The average Bonchev–Trinajstić information content (AvgIpc) is 3.52. The van der Waals surface area contributed by atoms with E-state index in [4.69, 9.17) is 14.6 Å². The first-order valence-electron chi connectivity index (χ1n) is 15.1. The summed E-state index contributed by atoms with van der Waals surface area (Å²) in [6.07, 6.45) is 9.79. The average molecular weight is 639 g/mol. The van der Waals surface area contributed by atoms with Crippen molar-refractivity contribution in [1.82, 2.24) is 15.1 Å². The normalized spacial score (nSPS) is 33.9. The molecule has 7 atom stereocenters. The van der Waals surface area contributed by atoms with Crippen LogP contribution < -0.4 is 5.32 Å². The second-order valence-electron chi connectivity index (χ2n) is 11.7. The van der Waals surface area contributed by atoms with Gasteiger partial charge in [-0.1, -0.05) is 54.3 Å². The fourth-order valence-electron chi connectivity index (χ4n) is 6.66. The number of hydrogen-bond donors (Lipinski definition) is 2. The highest BCUT2D eigenvalue weighted by Crippen LogP contribution is 2.59. The topological polar surface area (TPSA) is 125 Å². The molecule has 0 aliphatic carbocycles. The van der Waals surface area contributed by atoms with Crippen molar-refractivity contribution in [3.05, 3.63) is 22.7 Å². The Kier molecular flexibility index (Phi) is 10.7. The molecule has 3 amide bonds. The van der Waals surface area contributed by atoms with Gasteiger partial charge >= 0.3 is 5.97 Å². The molecule has 0 aromatic heterocycles. The molecule has 0 aromatic rings. The first kappa shape index (κ1) is 31.7. The maximum atomic E-state index is 14.6. The molecule has 2 fully saturated rings. The van der Waals surface area contributed by atoms with E-state index in [0.717, 1.165) is 25.7 Å². The number of hydrogen-bond acceptors (Lipinski definition) is 7. The van der Waals surface area contributed by atoms with Gasteiger partial charge in [-0.25, -0.2) is 0 Å². The van der Waals surface area contributed by atoms with Gasteiger partial charge in [0.2, 0.25) is 17.7 Å². The number of ether oxygens (including phenoxy) is 2. The molecule has 228 valence electrons. The van der Waals surface area contributed by atoms with Gasteiger partial charge in [0.05, 0.1) is 12.5 Å². The van der Waals surface area contributed by atoms with Crippen LogP contribution in [-0.2, 0) is 28.7 Å². The second-order valence-corrected chi connectivity index (χ2v) is 12.6.